The van der Waals surface area contributed by atoms with Crippen LogP contribution < -0.4 is 0 Å². The van der Waals surface area contributed by atoms with E-state index in [0.717, 1.165) is 16.5 Å². The molecule has 3 rings (SSSR count). The van der Waals surface area contributed by atoms with Gasteiger partial charge in [-0.15, -0.1) is 5.10 Å². The van der Waals surface area contributed by atoms with Crippen LogP contribution >= 0.6 is 0 Å². The van der Waals surface area contributed by atoms with Crippen molar-refractivity contribution in [1.82, 2.24) is 25.2 Å². The predicted molar refractivity (Wildman–Crippen MR) is 67.5 cm³/mol. The molecule has 3 aromatic rings. The van der Waals surface area contributed by atoms with Gasteiger partial charge in [0.05, 0.1) is 17.9 Å². The van der Waals surface area contributed by atoms with Crippen LogP contribution in [0.4, 0.5) is 0 Å². The SMILES string of the molecule is CC(C(=O)O)n1cc(-c2ccc3cn[nH]c3c2)nn1. The van der Waals surface area contributed by atoms with Gasteiger partial charge in [0, 0.05) is 10.9 Å². The number of aliphatic carboxylic acids is 1. The predicted octanol–water partition coefficient (Wildman–Crippen LogP) is 1.47. The van der Waals surface area contributed by atoms with E-state index in [1.807, 2.05) is 18.2 Å². The Hall–Kier alpha value is -2.70. The minimum atomic E-state index is -0.944. The summed E-state index contributed by atoms with van der Waals surface area (Å²) in [6.07, 6.45) is 3.36. The Morgan fingerprint density at radius 3 is 3.11 bits per heavy atom. The van der Waals surface area contributed by atoms with Crippen molar-refractivity contribution >= 4 is 16.9 Å². The maximum atomic E-state index is 10.9. The van der Waals surface area contributed by atoms with Gasteiger partial charge in [0.2, 0.25) is 0 Å². The number of aromatic amines is 1. The van der Waals surface area contributed by atoms with Crippen LogP contribution in [0.5, 0.6) is 0 Å². The van der Waals surface area contributed by atoms with Crippen LogP contribution in [-0.4, -0.2) is 36.3 Å². The third-order valence-electron chi connectivity index (χ3n) is 3.00. The molecule has 0 aliphatic carbocycles. The molecule has 1 aromatic carbocycles. The summed E-state index contributed by atoms with van der Waals surface area (Å²) >= 11 is 0. The Balaban J connectivity index is 1.99. The number of aromatic nitrogens is 5. The van der Waals surface area contributed by atoms with E-state index in [0.29, 0.717) is 5.69 Å². The lowest BCUT2D eigenvalue weighted by atomic mass is 10.1. The van der Waals surface area contributed by atoms with Crippen LogP contribution in [0.15, 0.2) is 30.6 Å². The van der Waals surface area contributed by atoms with E-state index in [1.165, 1.54) is 4.68 Å². The zero-order valence-corrected chi connectivity index (χ0v) is 10.1. The number of benzene rings is 1. The molecule has 0 aliphatic rings. The summed E-state index contributed by atoms with van der Waals surface area (Å²) in [5.74, 6) is -0.944. The summed E-state index contributed by atoms with van der Waals surface area (Å²) in [6, 6.07) is 4.99. The van der Waals surface area contributed by atoms with E-state index >= 15 is 0 Å². The van der Waals surface area contributed by atoms with Gasteiger partial charge in [0.15, 0.2) is 0 Å². The lowest BCUT2D eigenvalue weighted by Gasteiger charge is -2.03. The molecule has 19 heavy (non-hydrogen) atoms. The maximum Gasteiger partial charge on any atom is 0.328 e. The van der Waals surface area contributed by atoms with Gasteiger partial charge in [0.25, 0.3) is 0 Å². The molecule has 7 nitrogen and oxygen atoms in total. The second-order valence-electron chi connectivity index (χ2n) is 4.27. The number of hydrogen-bond donors (Lipinski definition) is 2. The van der Waals surface area contributed by atoms with Gasteiger partial charge in [-0.25, -0.2) is 9.48 Å². The Morgan fingerprint density at radius 2 is 2.32 bits per heavy atom. The van der Waals surface area contributed by atoms with Gasteiger partial charge in [-0.3, -0.25) is 5.10 Å². The van der Waals surface area contributed by atoms with Crippen molar-refractivity contribution in [2.45, 2.75) is 13.0 Å². The van der Waals surface area contributed by atoms with Crippen LogP contribution in [0.3, 0.4) is 0 Å². The first-order valence-electron chi connectivity index (χ1n) is 5.73. The Bertz CT molecular complexity index is 745. The number of H-pyrrole nitrogens is 1. The first-order valence-corrected chi connectivity index (χ1v) is 5.73. The molecule has 0 spiro atoms. The molecule has 2 heterocycles. The summed E-state index contributed by atoms with van der Waals surface area (Å²) in [4.78, 5) is 10.9. The summed E-state index contributed by atoms with van der Waals surface area (Å²) in [7, 11) is 0. The third-order valence-corrected chi connectivity index (χ3v) is 3.00. The number of nitrogens with one attached hydrogen (secondary N) is 1. The van der Waals surface area contributed by atoms with Crippen LogP contribution in [0.1, 0.15) is 13.0 Å². The summed E-state index contributed by atoms with van der Waals surface area (Å²) in [6.45, 7) is 1.55. The number of carboxylic acids is 1. The molecule has 0 radical (unpaired) electrons. The average Bonchev–Trinajstić information content (AvgIpc) is 3.05. The Kier molecular flexibility index (Phi) is 2.52. The van der Waals surface area contributed by atoms with E-state index in [2.05, 4.69) is 20.5 Å². The largest absolute Gasteiger partial charge is 0.480 e. The van der Waals surface area contributed by atoms with Crippen LogP contribution in [-0.2, 0) is 4.79 Å². The van der Waals surface area contributed by atoms with Crippen molar-refractivity contribution in [3.05, 3.63) is 30.6 Å². The lowest BCUT2D eigenvalue weighted by Crippen LogP contribution is -2.15. The highest BCUT2D eigenvalue weighted by Crippen LogP contribution is 2.21. The van der Waals surface area contributed by atoms with Gasteiger partial charge in [-0.2, -0.15) is 5.10 Å². The molecule has 1 atom stereocenters. The van der Waals surface area contributed by atoms with Gasteiger partial charge < -0.3 is 5.11 Å². The zero-order valence-electron chi connectivity index (χ0n) is 10.1. The lowest BCUT2D eigenvalue weighted by molar-refractivity contribution is -0.140. The molecule has 0 saturated heterocycles. The summed E-state index contributed by atoms with van der Waals surface area (Å²) in [5.41, 5.74) is 2.39. The molecule has 96 valence electrons. The number of rotatable bonds is 3. The van der Waals surface area contributed by atoms with Crippen LogP contribution in [0.2, 0.25) is 0 Å². The first kappa shape index (κ1) is 11.4. The fourth-order valence-corrected chi connectivity index (χ4v) is 1.81. The number of carboxylic acid groups (broad SMARTS) is 1. The van der Waals surface area contributed by atoms with Crippen molar-refractivity contribution < 1.29 is 9.90 Å². The van der Waals surface area contributed by atoms with Gasteiger partial charge in [-0.1, -0.05) is 17.3 Å². The molecular weight excluding hydrogens is 246 g/mol. The number of fused-ring (bicyclic) bond motifs is 1. The minimum Gasteiger partial charge on any atom is -0.480 e. The molecule has 7 heteroatoms. The molecular formula is C12H11N5O2. The minimum absolute atomic E-state index is 0.629. The molecule has 0 saturated carbocycles. The molecule has 0 amide bonds. The highest BCUT2D eigenvalue weighted by atomic mass is 16.4. The van der Waals surface area contributed by atoms with Crippen LogP contribution in [0, 0.1) is 0 Å². The third kappa shape index (κ3) is 1.95. The average molecular weight is 257 g/mol. The number of hydrogen-bond acceptors (Lipinski definition) is 4. The van der Waals surface area contributed by atoms with Crippen molar-refractivity contribution in [2.24, 2.45) is 0 Å². The van der Waals surface area contributed by atoms with Crippen molar-refractivity contribution in [1.29, 1.82) is 0 Å². The zero-order chi connectivity index (χ0) is 13.4. The fraction of sp³-hybridized carbons (Fsp3) is 0.167. The topological polar surface area (TPSA) is 96.7 Å². The monoisotopic (exact) mass is 257 g/mol. The van der Waals surface area contributed by atoms with Crippen molar-refractivity contribution in [3.63, 3.8) is 0 Å². The molecule has 2 N–H and O–H groups in total. The van der Waals surface area contributed by atoms with Crippen LogP contribution in [0.25, 0.3) is 22.2 Å². The van der Waals surface area contributed by atoms with E-state index in [-0.39, 0.29) is 0 Å². The van der Waals surface area contributed by atoms with E-state index in [1.54, 1.807) is 19.3 Å². The van der Waals surface area contributed by atoms with E-state index in [4.69, 9.17) is 5.11 Å². The molecule has 1 unspecified atom stereocenters. The molecule has 0 fully saturated rings. The molecule has 2 aromatic heterocycles. The van der Waals surface area contributed by atoms with E-state index in [9.17, 15) is 4.79 Å². The highest BCUT2D eigenvalue weighted by molar-refractivity contribution is 5.82. The smallest absolute Gasteiger partial charge is 0.328 e. The number of nitrogens with zero attached hydrogens (tertiary/aromatic N) is 4. The maximum absolute atomic E-state index is 10.9. The fourth-order valence-electron chi connectivity index (χ4n) is 1.81. The molecule has 0 bridgehead atoms. The highest BCUT2D eigenvalue weighted by Gasteiger charge is 2.15. The van der Waals surface area contributed by atoms with Crippen molar-refractivity contribution in [3.8, 4) is 11.3 Å². The Morgan fingerprint density at radius 1 is 1.47 bits per heavy atom. The quantitative estimate of drug-likeness (QED) is 0.740. The van der Waals surface area contributed by atoms with Gasteiger partial charge in [0.1, 0.15) is 11.7 Å². The Labute approximate surface area is 107 Å². The first-order chi connectivity index (χ1) is 9.15. The number of carbonyl (C=O) groups is 1. The molecule has 0 aliphatic heterocycles. The van der Waals surface area contributed by atoms with Crippen molar-refractivity contribution in [2.75, 3.05) is 0 Å². The van der Waals surface area contributed by atoms with Gasteiger partial charge in [-0.05, 0) is 13.0 Å². The van der Waals surface area contributed by atoms with Gasteiger partial charge >= 0.3 is 5.97 Å². The van der Waals surface area contributed by atoms with E-state index < -0.39 is 12.0 Å². The second kappa shape index (κ2) is 4.20. The summed E-state index contributed by atoms with van der Waals surface area (Å²) in [5, 5.41) is 24.6. The standard InChI is InChI=1S/C12H11N5O2/c1-7(12(18)19)17-6-11(15-16-17)8-2-3-9-5-13-14-10(9)4-8/h2-7H,1H3,(H,13,14)(H,18,19). The second-order valence-corrected chi connectivity index (χ2v) is 4.27. The normalized spacial score (nSPS) is 12.7. The summed E-state index contributed by atoms with van der Waals surface area (Å²) < 4.78 is 1.33.